The molecule has 1 radical (unpaired) electrons. The number of nitrogens with two attached hydrogens (primary N) is 1. The maximum atomic E-state index is 11.8. The molecule has 0 aromatic heterocycles. The van der Waals surface area contributed by atoms with Gasteiger partial charge in [0.05, 0.1) is 6.61 Å². The van der Waals surface area contributed by atoms with Gasteiger partial charge in [-0.15, -0.1) is 0 Å². The lowest BCUT2D eigenvalue weighted by atomic mass is 10.3. The quantitative estimate of drug-likeness (QED) is 0.597. The predicted octanol–water partition coefficient (Wildman–Crippen LogP) is 2.00. The lowest BCUT2D eigenvalue weighted by molar-refractivity contribution is 0.347. The van der Waals surface area contributed by atoms with Crippen molar-refractivity contribution in [2.75, 3.05) is 12.3 Å². The maximum absolute atomic E-state index is 11.8. The molecule has 0 saturated heterocycles. The highest BCUT2D eigenvalue weighted by atomic mass is 31.2. The molecular formula is C9H13NO2P. The highest BCUT2D eigenvalue weighted by Gasteiger charge is 2.18. The second-order valence-corrected chi connectivity index (χ2v) is 4.81. The molecule has 0 spiro atoms. The van der Waals surface area contributed by atoms with Gasteiger partial charge in [-0.2, -0.15) is 0 Å². The fourth-order valence-corrected chi connectivity index (χ4v) is 2.24. The molecule has 0 aliphatic rings. The Morgan fingerprint density at radius 1 is 1.62 bits per heavy atom. The number of hydrogen-bond acceptors (Lipinski definition) is 3. The van der Waals surface area contributed by atoms with Gasteiger partial charge in [0, 0.05) is 17.7 Å². The second kappa shape index (κ2) is 3.95. The van der Waals surface area contributed by atoms with E-state index >= 15 is 0 Å². The third-order valence-corrected chi connectivity index (χ3v) is 3.34. The molecular weight excluding hydrogens is 185 g/mol. The fraction of sp³-hybridized carbons (Fsp3) is 0.222. The average Bonchev–Trinajstić information content (AvgIpc) is 2.04. The third-order valence-electron chi connectivity index (χ3n) is 1.60. The van der Waals surface area contributed by atoms with Gasteiger partial charge < -0.3 is 10.3 Å². The Morgan fingerprint density at radius 3 is 2.85 bits per heavy atom. The van der Waals surface area contributed by atoms with E-state index in [-0.39, 0.29) is 0 Å². The lowest BCUT2D eigenvalue weighted by Crippen LogP contribution is -2.06. The number of nitrogen functional groups attached to an aromatic ring is 1. The van der Waals surface area contributed by atoms with Crippen molar-refractivity contribution < 1.29 is 9.09 Å². The molecule has 0 aliphatic heterocycles. The van der Waals surface area contributed by atoms with Gasteiger partial charge in [0.15, 0.2) is 0 Å². The van der Waals surface area contributed by atoms with E-state index in [9.17, 15) is 4.57 Å². The second-order valence-electron chi connectivity index (χ2n) is 2.69. The maximum Gasteiger partial charge on any atom is 0.232 e. The topological polar surface area (TPSA) is 52.3 Å². The number of benzene rings is 1. The van der Waals surface area contributed by atoms with Crippen molar-refractivity contribution in [3.63, 3.8) is 0 Å². The molecule has 1 aromatic rings. The Kier molecular flexibility index (Phi) is 3.12. The van der Waals surface area contributed by atoms with Crippen LogP contribution in [0.5, 0.6) is 0 Å². The van der Waals surface area contributed by atoms with Gasteiger partial charge in [-0.05, 0) is 25.1 Å². The van der Waals surface area contributed by atoms with Crippen molar-refractivity contribution in [2.24, 2.45) is 0 Å². The molecule has 13 heavy (non-hydrogen) atoms. The highest BCUT2D eigenvalue weighted by molar-refractivity contribution is 7.68. The Bertz CT molecular complexity index is 338. The van der Waals surface area contributed by atoms with Crippen LogP contribution in [0, 0.1) is 6.66 Å². The minimum atomic E-state index is -2.90. The summed E-state index contributed by atoms with van der Waals surface area (Å²) < 4.78 is 16.8. The Hall–Kier alpha value is -0.790. The molecule has 0 amide bonds. The zero-order chi connectivity index (χ0) is 9.90. The van der Waals surface area contributed by atoms with Crippen molar-refractivity contribution in [1.82, 2.24) is 0 Å². The molecule has 1 aromatic carbocycles. The van der Waals surface area contributed by atoms with E-state index in [0.717, 1.165) is 0 Å². The zero-order valence-electron chi connectivity index (χ0n) is 7.56. The zero-order valence-corrected chi connectivity index (χ0v) is 8.46. The van der Waals surface area contributed by atoms with Crippen LogP contribution in [0.3, 0.4) is 0 Å². The largest absolute Gasteiger partial charge is 0.399 e. The summed E-state index contributed by atoms with van der Waals surface area (Å²) in [6.07, 6.45) is 0. The molecule has 71 valence electrons. The van der Waals surface area contributed by atoms with Crippen molar-refractivity contribution in [1.29, 1.82) is 0 Å². The first-order valence-electron chi connectivity index (χ1n) is 4.01. The van der Waals surface area contributed by atoms with Crippen LogP contribution in [0.2, 0.25) is 0 Å². The summed E-state index contributed by atoms with van der Waals surface area (Å²) in [6.45, 7) is 5.72. The molecule has 1 atom stereocenters. The number of rotatable bonds is 3. The summed E-state index contributed by atoms with van der Waals surface area (Å²) >= 11 is 0. The van der Waals surface area contributed by atoms with E-state index in [1.54, 1.807) is 31.2 Å². The first kappa shape index (κ1) is 10.3. The van der Waals surface area contributed by atoms with Gasteiger partial charge >= 0.3 is 0 Å². The first-order valence-corrected chi connectivity index (χ1v) is 5.82. The summed E-state index contributed by atoms with van der Waals surface area (Å²) in [7, 11) is -2.90. The van der Waals surface area contributed by atoms with Gasteiger partial charge in [0.25, 0.3) is 0 Å². The van der Waals surface area contributed by atoms with Gasteiger partial charge in [0.2, 0.25) is 7.37 Å². The van der Waals surface area contributed by atoms with Crippen LogP contribution in [0.1, 0.15) is 6.92 Å². The van der Waals surface area contributed by atoms with Crippen molar-refractivity contribution >= 4 is 18.4 Å². The molecule has 0 heterocycles. The normalized spacial score (nSPS) is 15.2. The highest BCUT2D eigenvalue weighted by Crippen LogP contribution is 2.43. The minimum Gasteiger partial charge on any atom is -0.399 e. The summed E-state index contributed by atoms with van der Waals surface area (Å²) in [6, 6.07) is 6.81. The standard InChI is InChI=1S/C9H13NO2P/c1-3-12-13(2,11)9-6-4-5-8(10)7-9/h4-7H,2-3,10H2,1H3. The molecule has 2 N–H and O–H groups in total. The van der Waals surface area contributed by atoms with E-state index in [2.05, 4.69) is 6.66 Å². The van der Waals surface area contributed by atoms with E-state index in [0.29, 0.717) is 17.6 Å². The summed E-state index contributed by atoms with van der Waals surface area (Å²) in [4.78, 5) is 0. The van der Waals surface area contributed by atoms with Gasteiger partial charge in [-0.25, -0.2) is 0 Å². The number of anilines is 1. The van der Waals surface area contributed by atoms with E-state index in [1.165, 1.54) is 0 Å². The molecule has 1 rings (SSSR count). The Morgan fingerprint density at radius 2 is 2.31 bits per heavy atom. The predicted molar refractivity (Wildman–Crippen MR) is 55.1 cm³/mol. The van der Waals surface area contributed by atoms with E-state index in [4.69, 9.17) is 10.3 Å². The molecule has 3 nitrogen and oxygen atoms in total. The van der Waals surface area contributed by atoms with E-state index < -0.39 is 7.37 Å². The van der Waals surface area contributed by atoms with Crippen LogP contribution in [0.4, 0.5) is 5.69 Å². The Balaban J connectivity index is 3.00. The van der Waals surface area contributed by atoms with Crippen LogP contribution in [0.15, 0.2) is 24.3 Å². The average molecular weight is 198 g/mol. The van der Waals surface area contributed by atoms with Crippen LogP contribution in [0.25, 0.3) is 0 Å². The van der Waals surface area contributed by atoms with Crippen LogP contribution >= 0.6 is 7.37 Å². The molecule has 0 aliphatic carbocycles. The van der Waals surface area contributed by atoms with E-state index in [1.807, 2.05) is 0 Å². The van der Waals surface area contributed by atoms with Crippen molar-refractivity contribution in [3.8, 4) is 0 Å². The SMILES string of the molecule is [CH2]P(=O)(OCC)c1cccc(N)c1. The monoisotopic (exact) mass is 198 g/mol. The molecule has 1 unspecified atom stereocenters. The van der Waals surface area contributed by atoms with Gasteiger partial charge in [-0.1, -0.05) is 6.07 Å². The Labute approximate surface area is 78.4 Å². The van der Waals surface area contributed by atoms with Crippen LogP contribution in [-0.2, 0) is 9.09 Å². The van der Waals surface area contributed by atoms with Crippen molar-refractivity contribution in [3.05, 3.63) is 30.9 Å². The van der Waals surface area contributed by atoms with Crippen LogP contribution in [-0.4, -0.2) is 6.61 Å². The molecule has 0 fully saturated rings. The number of hydrogen-bond donors (Lipinski definition) is 1. The lowest BCUT2D eigenvalue weighted by Gasteiger charge is -2.12. The van der Waals surface area contributed by atoms with Gasteiger partial charge in [-0.3, -0.25) is 4.57 Å². The molecule has 4 heteroatoms. The first-order chi connectivity index (χ1) is 6.06. The summed E-state index contributed by atoms with van der Waals surface area (Å²) in [5, 5.41) is 0.564. The summed E-state index contributed by atoms with van der Waals surface area (Å²) in [5.74, 6) is 0. The smallest absolute Gasteiger partial charge is 0.232 e. The minimum absolute atomic E-state index is 0.385. The third kappa shape index (κ3) is 2.58. The van der Waals surface area contributed by atoms with Gasteiger partial charge in [0.1, 0.15) is 0 Å². The fourth-order valence-electron chi connectivity index (χ4n) is 1.02. The van der Waals surface area contributed by atoms with Crippen LogP contribution < -0.4 is 11.0 Å². The van der Waals surface area contributed by atoms with Crippen molar-refractivity contribution in [2.45, 2.75) is 6.92 Å². The molecule has 0 bridgehead atoms. The summed E-state index contributed by atoms with van der Waals surface area (Å²) in [5.41, 5.74) is 6.12. The molecule has 0 saturated carbocycles.